The molecule has 1 amide bonds. The number of nitro benzene ring substituents is 1. The lowest BCUT2D eigenvalue weighted by molar-refractivity contribution is -0.384. The molecule has 3 rings (SSSR count). The molecule has 0 bridgehead atoms. The monoisotopic (exact) mass is 396 g/mol. The zero-order valence-corrected chi connectivity index (χ0v) is 16.0. The van der Waals surface area contributed by atoms with Crippen LogP contribution in [0.25, 0.3) is 10.9 Å². The number of carbonyl (C=O) groups is 1. The summed E-state index contributed by atoms with van der Waals surface area (Å²) in [6.07, 6.45) is 0.0334. The van der Waals surface area contributed by atoms with Crippen molar-refractivity contribution in [1.29, 1.82) is 0 Å². The van der Waals surface area contributed by atoms with Gasteiger partial charge in [0.2, 0.25) is 5.91 Å². The summed E-state index contributed by atoms with van der Waals surface area (Å²) in [5.74, 6) is -0.230. The zero-order chi connectivity index (χ0) is 21.1. The molecule has 1 N–H and O–H groups in total. The number of benzene rings is 2. The molecule has 1 aromatic heterocycles. The van der Waals surface area contributed by atoms with E-state index in [2.05, 4.69) is 4.98 Å². The Bertz CT molecular complexity index is 1200. The van der Waals surface area contributed by atoms with Gasteiger partial charge < -0.3 is 4.90 Å². The lowest BCUT2D eigenvalue weighted by Crippen LogP contribution is -2.34. The Labute approximate surface area is 165 Å². The Morgan fingerprint density at radius 2 is 1.93 bits per heavy atom. The third-order valence-corrected chi connectivity index (χ3v) is 4.99. The van der Waals surface area contributed by atoms with Crippen molar-refractivity contribution in [1.82, 2.24) is 14.5 Å². The third kappa shape index (κ3) is 4.08. The minimum Gasteiger partial charge on any atom is -0.339 e. The average molecular weight is 396 g/mol. The second kappa shape index (κ2) is 8.09. The van der Waals surface area contributed by atoms with E-state index in [0.717, 1.165) is 0 Å². The number of aromatic amines is 1. The maximum atomic E-state index is 12.7. The van der Waals surface area contributed by atoms with Gasteiger partial charge in [-0.15, -0.1) is 0 Å². The lowest BCUT2D eigenvalue weighted by Gasteiger charge is -2.25. The van der Waals surface area contributed by atoms with Gasteiger partial charge in [-0.25, -0.2) is 4.79 Å². The molecule has 0 saturated heterocycles. The first kappa shape index (κ1) is 20.0. The summed E-state index contributed by atoms with van der Waals surface area (Å²) in [6, 6.07) is 12.4. The van der Waals surface area contributed by atoms with Gasteiger partial charge >= 0.3 is 5.69 Å². The van der Waals surface area contributed by atoms with Crippen LogP contribution in [0.4, 0.5) is 5.69 Å². The van der Waals surface area contributed by atoms with Crippen LogP contribution in [0.1, 0.15) is 24.9 Å². The molecular formula is C20H20N4O5. The molecule has 0 aliphatic rings. The maximum absolute atomic E-state index is 12.7. The van der Waals surface area contributed by atoms with Crippen LogP contribution in [0, 0.1) is 10.1 Å². The molecule has 150 valence electrons. The van der Waals surface area contributed by atoms with Crippen molar-refractivity contribution < 1.29 is 9.72 Å². The second-order valence-electron chi connectivity index (χ2n) is 6.71. The van der Waals surface area contributed by atoms with Crippen molar-refractivity contribution >= 4 is 22.5 Å². The van der Waals surface area contributed by atoms with E-state index in [1.165, 1.54) is 21.6 Å². The third-order valence-electron chi connectivity index (χ3n) is 4.99. The summed E-state index contributed by atoms with van der Waals surface area (Å²) >= 11 is 0. The normalized spacial score (nSPS) is 11.9. The molecule has 0 spiro atoms. The SMILES string of the molecule is C[C@H](c1cccc([N+](=O)[O-])c1)N(C)C(=O)CCn1c(=O)[nH]c(=O)c2ccccc21. The first-order valence-electron chi connectivity index (χ1n) is 9.01. The van der Waals surface area contributed by atoms with Crippen LogP contribution in [0.5, 0.6) is 0 Å². The van der Waals surface area contributed by atoms with Crippen molar-refractivity contribution in [2.24, 2.45) is 0 Å². The van der Waals surface area contributed by atoms with Crippen LogP contribution in [-0.4, -0.2) is 32.3 Å². The average Bonchev–Trinajstić information content (AvgIpc) is 2.72. The topological polar surface area (TPSA) is 118 Å². The molecule has 0 saturated carbocycles. The predicted molar refractivity (Wildman–Crippen MR) is 108 cm³/mol. The molecule has 3 aromatic rings. The highest BCUT2D eigenvalue weighted by molar-refractivity contribution is 5.79. The molecular weight excluding hydrogens is 376 g/mol. The van der Waals surface area contributed by atoms with Crippen molar-refractivity contribution in [3.05, 3.63) is 85.0 Å². The van der Waals surface area contributed by atoms with E-state index in [1.807, 2.05) is 0 Å². The van der Waals surface area contributed by atoms with E-state index in [9.17, 15) is 24.5 Å². The minimum absolute atomic E-state index is 0.0334. The number of nitro groups is 1. The van der Waals surface area contributed by atoms with Gasteiger partial charge in [0, 0.05) is 32.1 Å². The van der Waals surface area contributed by atoms with Crippen molar-refractivity contribution in [3.63, 3.8) is 0 Å². The highest BCUT2D eigenvalue weighted by Crippen LogP contribution is 2.23. The molecule has 9 nitrogen and oxygen atoms in total. The number of aromatic nitrogens is 2. The lowest BCUT2D eigenvalue weighted by atomic mass is 10.1. The predicted octanol–water partition coefficient (Wildman–Crippen LogP) is 2.21. The molecule has 0 unspecified atom stereocenters. The molecule has 0 radical (unpaired) electrons. The fourth-order valence-electron chi connectivity index (χ4n) is 3.19. The fraction of sp³-hybridized carbons (Fsp3) is 0.250. The van der Waals surface area contributed by atoms with Crippen LogP contribution in [0.2, 0.25) is 0 Å². The number of aryl methyl sites for hydroxylation is 1. The highest BCUT2D eigenvalue weighted by Gasteiger charge is 2.19. The Morgan fingerprint density at radius 1 is 1.21 bits per heavy atom. The number of H-pyrrole nitrogens is 1. The van der Waals surface area contributed by atoms with Gasteiger partial charge in [0.1, 0.15) is 0 Å². The molecule has 1 heterocycles. The van der Waals surface area contributed by atoms with Gasteiger partial charge in [0.25, 0.3) is 11.2 Å². The van der Waals surface area contributed by atoms with Gasteiger partial charge in [-0.3, -0.25) is 29.3 Å². The molecule has 0 aliphatic heterocycles. The number of carbonyl (C=O) groups excluding carboxylic acids is 1. The van der Waals surface area contributed by atoms with Gasteiger partial charge in [0.15, 0.2) is 0 Å². The van der Waals surface area contributed by atoms with Crippen LogP contribution >= 0.6 is 0 Å². The fourth-order valence-corrected chi connectivity index (χ4v) is 3.19. The number of para-hydroxylation sites is 1. The highest BCUT2D eigenvalue weighted by atomic mass is 16.6. The summed E-state index contributed by atoms with van der Waals surface area (Å²) < 4.78 is 1.36. The van der Waals surface area contributed by atoms with E-state index in [1.54, 1.807) is 50.4 Å². The summed E-state index contributed by atoms with van der Waals surface area (Å²) in [7, 11) is 1.61. The van der Waals surface area contributed by atoms with E-state index in [-0.39, 0.29) is 30.6 Å². The quantitative estimate of drug-likeness (QED) is 0.506. The number of fused-ring (bicyclic) bond motifs is 1. The van der Waals surface area contributed by atoms with E-state index in [0.29, 0.717) is 16.5 Å². The standard InChI is InChI=1S/C20H20N4O5/c1-13(14-6-5-7-15(12-14)24(28)29)22(2)18(25)10-11-23-17-9-4-3-8-16(17)19(26)21-20(23)27/h3-9,12-13H,10-11H2,1-2H3,(H,21,26,27)/t13-/m1/s1. The van der Waals surface area contributed by atoms with Gasteiger partial charge in [0.05, 0.1) is 21.9 Å². The Balaban J connectivity index is 1.78. The summed E-state index contributed by atoms with van der Waals surface area (Å²) in [4.78, 5) is 51.0. The summed E-state index contributed by atoms with van der Waals surface area (Å²) in [5, 5.41) is 11.3. The molecule has 0 fully saturated rings. The van der Waals surface area contributed by atoms with Crippen molar-refractivity contribution in [3.8, 4) is 0 Å². The smallest absolute Gasteiger partial charge is 0.328 e. The van der Waals surface area contributed by atoms with Gasteiger partial charge in [-0.2, -0.15) is 0 Å². The number of amides is 1. The van der Waals surface area contributed by atoms with Gasteiger partial charge in [-0.05, 0) is 24.6 Å². The number of non-ortho nitro benzene ring substituents is 1. The number of hydrogen-bond acceptors (Lipinski definition) is 5. The summed E-state index contributed by atoms with van der Waals surface area (Å²) in [6.45, 7) is 1.87. The van der Waals surface area contributed by atoms with E-state index < -0.39 is 16.2 Å². The van der Waals surface area contributed by atoms with Crippen LogP contribution in [0.3, 0.4) is 0 Å². The van der Waals surface area contributed by atoms with Crippen LogP contribution < -0.4 is 11.2 Å². The first-order chi connectivity index (χ1) is 13.8. The minimum atomic E-state index is -0.573. The molecule has 1 atom stereocenters. The maximum Gasteiger partial charge on any atom is 0.328 e. The van der Waals surface area contributed by atoms with Crippen molar-refractivity contribution in [2.75, 3.05) is 7.05 Å². The molecule has 2 aromatic carbocycles. The Hall–Kier alpha value is -3.75. The molecule has 9 heteroatoms. The number of hydrogen-bond donors (Lipinski definition) is 1. The Morgan fingerprint density at radius 3 is 2.66 bits per heavy atom. The van der Waals surface area contributed by atoms with Crippen LogP contribution in [0.15, 0.2) is 58.1 Å². The van der Waals surface area contributed by atoms with Crippen molar-refractivity contribution in [2.45, 2.75) is 25.9 Å². The van der Waals surface area contributed by atoms with E-state index in [4.69, 9.17) is 0 Å². The summed E-state index contributed by atoms with van der Waals surface area (Å²) in [5.41, 5.74) is 0.0204. The zero-order valence-electron chi connectivity index (χ0n) is 16.0. The molecule has 0 aliphatic carbocycles. The number of nitrogens with one attached hydrogen (secondary N) is 1. The Kier molecular flexibility index (Phi) is 5.58. The molecule has 29 heavy (non-hydrogen) atoms. The van der Waals surface area contributed by atoms with Crippen LogP contribution in [-0.2, 0) is 11.3 Å². The van der Waals surface area contributed by atoms with Gasteiger partial charge in [-0.1, -0.05) is 24.3 Å². The first-order valence-corrected chi connectivity index (χ1v) is 9.01. The number of rotatable bonds is 6. The van der Waals surface area contributed by atoms with E-state index >= 15 is 0 Å². The number of nitrogens with zero attached hydrogens (tertiary/aromatic N) is 3. The largest absolute Gasteiger partial charge is 0.339 e. The second-order valence-corrected chi connectivity index (χ2v) is 6.71.